The Labute approximate surface area is 141 Å². The first-order valence-electron chi connectivity index (χ1n) is 8.15. The Morgan fingerprint density at radius 3 is 2.72 bits per heavy atom. The molecular formula is C14H20N6O5. The van der Waals surface area contributed by atoms with Crippen LogP contribution in [0.5, 0.6) is 0 Å². The number of aromatic amines is 1. The van der Waals surface area contributed by atoms with Gasteiger partial charge in [-0.05, 0) is 0 Å². The Morgan fingerprint density at radius 1 is 1.28 bits per heavy atom. The number of anilines is 1. The monoisotopic (exact) mass is 352 g/mol. The average molecular weight is 352 g/mol. The third-order valence-corrected chi connectivity index (χ3v) is 4.64. The van der Waals surface area contributed by atoms with Crippen LogP contribution in [0.1, 0.15) is 6.23 Å². The Morgan fingerprint density at radius 2 is 2.04 bits per heavy atom. The number of H-pyrrole nitrogens is 1. The number of hydrogen-bond donors (Lipinski definition) is 5. The smallest absolute Gasteiger partial charge is 0.278 e. The van der Waals surface area contributed by atoms with Gasteiger partial charge < -0.3 is 35.3 Å². The summed E-state index contributed by atoms with van der Waals surface area (Å²) in [5.74, 6) is 0.440. The van der Waals surface area contributed by atoms with Crippen molar-refractivity contribution in [2.45, 2.75) is 24.5 Å². The van der Waals surface area contributed by atoms with Crippen molar-refractivity contribution in [2.75, 3.05) is 37.7 Å². The molecule has 2 aliphatic rings. The molecule has 5 N–H and O–H groups in total. The molecule has 0 amide bonds. The number of hydrogen-bond acceptors (Lipinski definition) is 9. The fourth-order valence-corrected chi connectivity index (χ4v) is 3.32. The third-order valence-electron chi connectivity index (χ3n) is 4.64. The van der Waals surface area contributed by atoms with Crippen molar-refractivity contribution in [1.82, 2.24) is 24.8 Å². The summed E-state index contributed by atoms with van der Waals surface area (Å²) >= 11 is 0. The van der Waals surface area contributed by atoms with Gasteiger partial charge in [0.25, 0.3) is 5.56 Å². The molecule has 2 fully saturated rings. The molecule has 4 atom stereocenters. The molecular weight excluding hydrogens is 332 g/mol. The van der Waals surface area contributed by atoms with Crippen molar-refractivity contribution in [3.63, 3.8) is 0 Å². The summed E-state index contributed by atoms with van der Waals surface area (Å²) in [5, 5.41) is 33.0. The van der Waals surface area contributed by atoms with Gasteiger partial charge in [-0.1, -0.05) is 0 Å². The molecule has 11 nitrogen and oxygen atoms in total. The van der Waals surface area contributed by atoms with Gasteiger partial charge >= 0.3 is 0 Å². The molecule has 0 aromatic carbocycles. The van der Waals surface area contributed by atoms with Crippen molar-refractivity contribution in [2.24, 2.45) is 0 Å². The van der Waals surface area contributed by atoms with E-state index in [9.17, 15) is 20.1 Å². The van der Waals surface area contributed by atoms with Gasteiger partial charge in [0.2, 0.25) is 5.95 Å². The third kappa shape index (κ3) is 2.60. The number of piperazine rings is 1. The summed E-state index contributed by atoms with van der Waals surface area (Å²) in [4.78, 5) is 25.2. The van der Waals surface area contributed by atoms with Crippen LogP contribution in [0, 0.1) is 0 Å². The van der Waals surface area contributed by atoms with Crippen LogP contribution in [-0.2, 0) is 4.74 Å². The van der Waals surface area contributed by atoms with Crippen LogP contribution in [0.15, 0.2) is 11.1 Å². The Hall–Kier alpha value is -2.05. The molecule has 0 unspecified atom stereocenters. The zero-order valence-electron chi connectivity index (χ0n) is 13.4. The highest BCUT2D eigenvalue weighted by Crippen LogP contribution is 2.34. The molecule has 4 rings (SSSR count). The predicted molar refractivity (Wildman–Crippen MR) is 86.2 cm³/mol. The lowest BCUT2D eigenvalue weighted by Crippen LogP contribution is -2.45. The normalized spacial score (nSPS) is 30.3. The molecule has 0 radical (unpaired) electrons. The number of aliphatic hydroxyl groups excluding tert-OH is 3. The Kier molecular flexibility index (Phi) is 4.17. The number of aliphatic hydroxyl groups is 3. The van der Waals surface area contributed by atoms with Crippen LogP contribution in [0.25, 0.3) is 11.2 Å². The fraction of sp³-hybridized carbons (Fsp3) is 0.643. The van der Waals surface area contributed by atoms with Gasteiger partial charge in [-0.2, -0.15) is 0 Å². The van der Waals surface area contributed by atoms with Crippen LogP contribution in [0.4, 0.5) is 5.95 Å². The highest BCUT2D eigenvalue weighted by atomic mass is 16.6. The number of ether oxygens (including phenoxy) is 1. The van der Waals surface area contributed by atoms with E-state index >= 15 is 0 Å². The van der Waals surface area contributed by atoms with Gasteiger partial charge in [-0.25, -0.2) is 9.97 Å². The van der Waals surface area contributed by atoms with Crippen molar-refractivity contribution in [3.05, 3.63) is 16.7 Å². The van der Waals surface area contributed by atoms with Crippen molar-refractivity contribution >= 4 is 17.1 Å². The van der Waals surface area contributed by atoms with Gasteiger partial charge in [0.1, 0.15) is 18.3 Å². The maximum absolute atomic E-state index is 12.1. The lowest BCUT2D eigenvalue weighted by molar-refractivity contribution is -0.0504. The summed E-state index contributed by atoms with van der Waals surface area (Å²) in [5.41, 5.74) is -0.00669. The zero-order valence-corrected chi connectivity index (χ0v) is 13.4. The van der Waals surface area contributed by atoms with E-state index in [4.69, 9.17) is 4.74 Å². The first kappa shape index (κ1) is 16.4. The molecule has 2 aliphatic heterocycles. The molecule has 136 valence electrons. The van der Waals surface area contributed by atoms with Crippen LogP contribution in [0.2, 0.25) is 0 Å². The van der Waals surface area contributed by atoms with Gasteiger partial charge in [0.15, 0.2) is 17.4 Å². The van der Waals surface area contributed by atoms with E-state index in [-0.39, 0.29) is 11.2 Å². The zero-order chi connectivity index (χ0) is 17.6. The van der Waals surface area contributed by atoms with Crippen LogP contribution in [0.3, 0.4) is 0 Å². The molecule has 2 aromatic heterocycles. The minimum Gasteiger partial charge on any atom is -0.394 e. The first-order chi connectivity index (χ1) is 12.1. The number of fused-ring (bicyclic) bond motifs is 1. The molecule has 0 saturated carbocycles. The summed E-state index contributed by atoms with van der Waals surface area (Å²) < 4.78 is 7.16. The van der Waals surface area contributed by atoms with E-state index in [2.05, 4.69) is 20.3 Å². The van der Waals surface area contributed by atoms with Gasteiger partial charge in [0.05, 0.1) is 12.9 Å². The standard InChI is InChI=1S/C14H20N6O5/c21-5-7-9(22)10(23)13(25-7)20-11-8(12(24)17-6-16-11)18-14(20)19-3-1-15-2-4-19/h6-7,9-10,13,15,21-23H,1-5H2,(H,16,17,24)/t7-,9-,10-,13-/m1/s1. The summed E-state index contributed by atoms with van der Waals surface area (Å²) in [6.07, 6.45) is -3.19. The maximum atomic E-state index is 12.1. The number of rotatable bonds is 3. The number of nitrogens with one attached hydrogen (secondary N) is 2. The lowest BCUT2D eigenvalue weighted by atomic mass is 10.1. The van der Waals surface area contributed by atoms with E-state index in [0.717, 1.165) is 13.1 Å². The van der Waals surface area contributed by atoms with Gasteiger partial charge in [-0.3, -0.25) is 9.36 Å². The van der Waals surface area contributed by atoms with Crippen LogP contribution < -0.4 is 15.8 Å². The second kappa shape index (κ2) is 6.35. The lowest BCUT2D eigenvalue weighted by Gasteiger charge is -2.30. The highest BCUT2D eigenvalue weighted by Gasteiger charge is 2.45. The second-order valence-corrected chi connectivity index (χ2v) is 6.15. The molecule has 0 aliphatic carbocycles. The van der Waals surface area contributed by atoms with E-state index in [1.807, 2.05) is 4.90 Å². The Bertz CT molecular complexity index is 816. The van der Waals surface area contributed by atoms with Crippen molar-refractivity contribution in [1.29, 1.82) is 0 Å². The second-order valence-electron chi connectivity index (χ2n) is 6.15. The van der Waals surface area contributed by atoms with Gasteiger partial charge in [-0.15, -0.1) is 0 Å². The van der Waals surface area contributed by atoms with Crippen molar-refractivity contribution in [3.8, 4) is 0 Å². The topological polar surface area (TPSA) is 149 Å². The van der Waals surface area contributed by atoms with Crippen LogP contribution in [-0.4, -0.2) is 85.9 Å². The highest BCUT2D eigenvalue weighted by molar-refractivity contribution is 5.74. The molecule has 4 heterocycles. The van der Waals surface area contributed by atoms with E-state index in [1.165, 1.54) is 10.9 Å². The van der Waals surface area contributed by atoms with Crippen LogP contribution >= 0.6 is 0 Å². The summed E-state index contributed by atoms with van der Waals surface area (Å²) in [7, 11) is 0. The molecule has 0 spiro atoms. The Balaban J connectivity index is 1.86. The fourth-order valence-electron chi connectivity index (χ4n) is 3.32. The van der Waals surface area contributed by atoms with Crippen molar-refractivity contribution < 1.29 is 20.1 Å². The largest absolute Gasteiger partial charge is 0.394 e. The number of nitrogens with zero attached hydrogens (tertiary/aromatic N) is 4. The quantitative estimate of drug-likeness (QED) is 0.393. The summed E-state index contributed by atoms with van der Waals surface area (Å²) in [6, 6.07) is 0. The van der Waals surface area contributed by atoms with E-state index in [1.54, 1.807) is 0 Å². The maximum Gasteiger partial charge on any atom is 0.278 e. The molecule has 25 heavy (non-hydrogen) atoms. The minimum absolute atomic E-state index is 0.133. The van der Waals surface area contributed by atoms with E-state index < -0.39 is 36.7 Å². The number of aromatic nitrogens is 4. The first-order valence-corrected chi connectivity index (χ1v) is 8.15. The molecule has 2 aromatic rings. The molecule has 2 saturated heterocycles. The number of imidazole rings is 1. The molecule has 0 bridgehead atoms. The SMILES string of the molecule is O=c1[nH]cnc2c1nc(N1CCNCC1)n2[C@@H]1O[C@H](CO)[C@@H](O)[C@H]1O. The minimum atomic E-state index is -1.28. The van der Waals surface area contributed by atoms with E-state index in [0.29, 0.717) is 19.0 Å². The predicted octanol–water partition coefficient (Wildman–Crippen LogP) is -2.86. The summed E-state index contributed by atoms with van der Waals surface area (Å²) in [6.45, 7) is 2.40. The molecule has 11 heteroatoms. The van der Waals surface area contributed by atoms with Gasteiger partial charge in [0, 0.05) is 26.2 Å². The average Bonchev–Trinajstić information content (AvgIpc) is 3.15.